The van der Waals surface area contributed by atoms with Crippen molar-refractivity contribution in [2.24, 2.45) is 0 Å². The van der Waals surface area contributed by atoms with Gasteiger partial charge in [0.1, 0.15) is 0 Å². The van der Waals surface area contributed by atoms with Gasteiger partial charge in [0, 0.05) is 18.5 Å². The van der Waals surface area contributed by atoms with Gasteiger partial charge in [0.05, 0.1) is 6.42 Å². The molecule has 0 unspecified atom stereocenters. The van der Waals surface area contributed by atoms with Gasteiger partial charge in [-0.2, -0.15) is 4.98 Å². The zero-order valence-corrected chi connectivity index (χ0v) is 15.6. The van der Waals surface area contributed by atoms with Gasteiger partial charge in [0.15, 0.2) is 6.61 Å². The highest BCUT2D eigenvalue weighted by Crippen LogP contribution is 2.15. The van der Waals surface area contributed by atoms with Crippen molar-refractivity contribution in [3.8, 4) is 11.4 Å². The lowest BCUT2D eigenvalue weighted by atomic mass is 10.1. The molecule has 7 nitrogen and oxygen atoms in total. The third-order valence-corrected chi connectivity index (χ3v) is 4.14. The molecular formula is C21H21N3O4. The monoisotopic (exact) mass is 379 g/mol. The summed E-state index contributed by atoms with van der Waals surface area (Å²) in [5, 5.41) is 6.63. The van der Waals surface area contributed by atoms with E-state index in [1.165, 1.54) is 0 Å². The van der Waals surface area contributed by atoms with Crippen molar-refractivity contribution in [2.75, 3.05) is 6.61 Å². The fraction of sp³-hybridized carbons (Fsp3) is 0.238. The third-order valence-electron chi connectivity index (χ3n) is 4.14. The topological polar surface area (TPSA) is 94.3 Å². The summed E-state index contributed by atoms with van der Waals surface area (Å²) in [6, 6.07) is 17.2. The van der Waals surface area contributed by atoms with Crippen LogP contribution < -0.4 is 5.32 Å². The van der Waals surface area contributed by atoms with Gasteiger partial charge in [-0.3, -0.25) is 9.59 Å². The first kappa shape index (κ1) is 19.3. The maximum absolute atomic E-state index is 11.8. The predicted octanol–water partition coefficient (Wildman–Crippen LogP) is 2.84. The average molecular weight is 379 g/mol. The largest absolute Gasteiger partial charge is 0.456 e. The van der Waals surface area contributed by atoms with Crippen molar-refractivity contribution in [2.45, 2.75) is 26.3 Å². The average Bonchev–Trinajstić information content (AvgIpc) is 3.20. The molecule has 0 saturated heterocycles. The molecule has 0 aliphatic carbocycles. The van der Waals surface area contributed by atoms with Crippen LogP contribution in [0.1, 0.15) is 23.4 Å². The Hall–Kier alpha value is -3.48. The van der Waals surface area contributed by atoms with Crippen molar-refractivity contribution in [3.05, 3.63) is 71.6 Å². The standard InChI is InChI=1S/C21H21N3O4/c1-15-7-5-6-10-17(15)13-22-18(25)14-27-20(26)12-11-19-23-21(24-28-19)16-8-3-2-4-9-16/h2-10H,11-14H2,1H3,(H,22,25). The summed E-state index contributed by atoms with van der Waals surface area (Å²) in [5.41, 5.74) is 2.95. The molecular weight excluding hydrogens is 358 g/mol. The molecule has 1 N–H and O–H groups in total. The maximum atomic E-state index is 11.8. The fourth-order valence-electron chi connectivity index (χ4n) is 2.54. The fourth-order valence-corrected chi connectivity index (χ4v) is 2.54. The Morgan fingerprint density at radius 3 is 2.61 bits per heavy atom. The quantitative estimate of drug-likeness (QED) is 0.605. The van der Waals surface area contributed by atoms with Crippen molar-refractivity contribution >= 4 is 11.9 Å². The SMILES string of the molecule is Cc1ccccc1CNC(=O)COC(=O)CCc1nc(-c2ccccc2)no1. The summed E-state index contributed by atoms with van der Waals surface area (Å²) in [4.78, 5) is 27.9. The third kappa shape index (κ3) is 5.51. The second kappa shape index (κ2) is 9.45. The zero-order chi connectivity index (χ0) is 19.8. The molecule has 28 heavy (non-hydrogen) atoms. The molecule has 0 saturated carbocycles. The Kier molecular flexibility index (Phi) is 6.51. The molecule has 0 atom stereocenters. The van der Waals surface area contributed by atoms with Gasteiger partial charge < -0.3 is 14.6 Å². The second-order valence-electron chi connectivity index (χ2n) is 6.24. The molecule has 1 amide bonds. The van der Waals surface area contributed by atoms with Crippen LogP contribution in [0.3, 0.4) is 0 Å². The summed E-state index contributed by atoms with van der Waals surface area (Å²) in [5.74, 6) is -0.0226. The van der Waals surface area contributed by atoms with E-state index in [0.29, 0.717) is 18.3 Å². The molecule has 1 aromatic heterocycles. The number of carbonyl (C=O) groups excluding carboxylic acids is 2. The van der Waals surface area contributed by atoms with E-state index in [0.717, 1.165) is 16.7 Å². The van der Waals surface area contributed by atoms with Gasteiger partial charge in [0.2, 0.25) is 11.7 Å². The highest BCUT2D eigenvalue weighted by atomic mass is 16.5. The molecule has 2 aromatic carbocycles. The lowest BCUT2D eigenvalue weighted by Gasteiger charge is -2.08. The lowest BCUT2D eigenvalue weighted by Crippen LogP contribution is -2.28. The van der Waals surface area contributed by atoms with E-state index in [2.05, 4.69) is 15.5 Å². The van der Waals surface area contributed by atoms with Crippen molar-refractivity contribution < 1.29 is 18.8 Å². The highest BCUT2D eigenvalue weighted by molar-refractivity contribution is 5.80. The number of nitrogens with zero attached hydrogens (tertiary/aromatic N) is 2. The molecule has 3 aromatic rings. The smallest absolute Gasteiger partial charge is 0.306 e. The molecule has 0 radical (unpaired) electrons. The normalized spacial score (nSPS) is 10.5. The number of rotatable bonds is 8. The minimum Gasteiger partial charge on any atom is -0.456 e. The summed E-state index contributed by atoms with van der Waals surface area (Å²) in [6.07, 6.45) is 0.311. The Morgan fingerprint density at radius 1 is 1.07 bits per heavy atom. The minimum absolute atomic E-state index is 0.0570. The Bertz CT molecular complexity index is 938. The number of hydrogen-bond donors (Lipinski definition) is 1. The number of carbonyl (C=O) groups is 2. The number of benzene rings is 2. The first-order valence-electron chi connectivity index (χ1n) is 8.96. The van der Waals surface area contributed by atoms with E-state index >= 15 is 0 Å². The van der Waals surface area contributed by atoms with Gasteiger partial charge in [-0.05, 0) is 18.1 Å². The maximum Gasteiger partial charge on any atom is 0.306 e. The van der Waals surface area contributed by atoms with Crippen LogP contribution in [0.25, 0.3) is 11.4 Å². The molecule has 0 bridgehead atoms. The van der Waals surface area contributed by atoms with Crippen LogP contribution >= 0.6 is 0 Å². The number of aryl methyl sites for hydroxylation is 2. The van der Waals surface area contributed by atoms with Gasteiger partial charge in [-0.25, -0.2) is 0 Å². The van der Waals surface area contributed by atoms with Crippen molar-refractivity contribution in [1.82, 2.24) is 15.5 Å². The van der Waals surface area contributed by atoms with E-state index in [-0.39, 0.29) is 25.4 Å². The summed E-state index contributed by atoms with van der Waals surface area (Å²) >= 11 is 0. The lowest BCUT2D eigenvalue weighted by molar-refractivity contribution is -0.148. The van der Waals surface area contributed by atoms with Crippen LogP contribution in [-0.2, 0) is 27.3 Å². The van der Waals surface area contributed by atoms with Crippen LogP contribution in [0.4, 0.5) is 0 Å². The number of ether oxygens (including phenoxy) is 1. The molecule has 0 aliphatic rings. The molecule has 3 rings (SSSR count). The van der Waals surface area contributed by atoms with E-state index < -0.39 is 5.97 Å². The highest BCUT2D eigenvalue weighted by Gasteiger charge is 2.12. The van der Waals surface area contributed by atoms with E-state index in [1.54, 1.807) is 0 Å². The molecule has 7 heteroatoms. The summed E-state index contributed by atoms with van der Waals surface area (Å²) in [6.45, 7) is 2.05. The van der Waals surface area contributed by atoms with Crippen LogP contribution in [0, 0.1) is 6.92 Å². The molecule has 1 heterocycles. The van der Waals surface area contributed by atoms with E-state index in [4.69, 9.17) is 9.26 Å². The number of aromatic nitrogens is 2. The predicted molar refractivity (Wildman–Crippen MR) is 102 cm³/mol. The Balaban J connectivity index is 1.38. The molecule has 0 aliphatic heterocycles. The Morgan fingerprint density at radius 2 is 1.82 bits per heavy atom. The van der Waals surface area contributed by atoms with Crippen LogP contribution in [0.5, 0.6) is 0 Å². The van der Waals surface area contributed by atoms with Crippen LogP contribution in [0.2, 0.25) is 0 Å². The Labute approximate surface area is 162 Å². The van der Waals surface area contributed by atoms with Crippen molar-refractivity contribution in [3.63, 3.8) is 0 Å². The van der Waals surface area contributed by atoms with E-state index in [1.807, 2.05) is 61.5 Å². The number of amides is 1. The first-order valence-corrected chi connectivity index (χ1v) is 8.96. The van der Waals surface area contributed by atoms with Gasteiger partial charge in [0.25, 0.3) is 5.91 Å². The van der Waals surface area contributed by atoms with Gasteiger partial charge in [-0.15, -0.1) is 0 Å². The van der Waals surface area contributed by atoms with Crippen LogP contribution in [-0.4, -0.2) is 28.6 Å². The van der Waals surface area contributed by atoms with Gasteiger partial charge >= 0.3 is 5.97 Å². The molecule has 144 valence electrons. The summed E-state index contributed by atoms with van der Waals surface area (Å²) in [7, 11) is 0. The molecule has 0 spiro atoms. The zero-order valence-electron chi connectivity index (χ0n) is 15.6. The minimum atomic E-state index is -0.495. The number of nitrogens with one attached hydrogen (secondary N) is 1. The second-order valence-corrected chi connectivity index (χ2v) is 6.24. The molecule has 0 fully saturated rings. The number of hydrogen-bond acceptors (Lipinski definition) is 6. The van der Waals surface area contributed by atoms with Gasteiger partial charge in [-0.1, -0.05) is 59.8 Å². The van der Waals surface area contributed by atoms with E-state index in [9.17, 15) is 9.59 Å². The summed E-state index contributed by atoms with van der Waals surface area (Å²) < 4.78 is 10.1. The van der Waals surface area contributed by atoms with Crippen molar-refractivity contribution in [1.29, 1.82) is 0 Å². The van der Waals surface area contributed by atoms with Crippen LogP contribution in [0.15, 0.2) is 59.1 Å². The number of esters is 1. The first-order chi connectivity index (χ1) is 13.6.